The summed E-state index contributed by atoms with van der Waals surface area (Å²) in [5, 5.41) is 8.32. The van der Waals surface area contributed by atoms with Gasteiger partial charge < -0.3 is 19.3 Å². The Labute approximate surface area is 139 Å². The molecule has 1 saturated carbocycles. The molecule has 0 radical (unpaired) electrons. The lowest BCUT2D eigenvalue weighted by molar-refractivity contribution is 0.102. The lowest BCUT2D eigenvalue weighted by Crippen LogP contribution is -2.11. The SMILES string of the molecule is COc1cc(NCc2noc3c2COCC3)c(C2CC2)cc1Cl. The highest BCUT2D eigenvalue weighted by atomic mass is 35.5. The van der Waals surface area contributed by atoms with Gasteiger partial charge in [0.05, 0.1) is 31.9 Å². The highest BCUT2D eigenvalue weighted by Gasteiger charge is 2.28. The Kier molecular flexibility index (Phi) is 3.91. The smallest absolute Gasteiger partial charge is 0.144 e. The summed E-state index contributed by atoms with van der Waals surface area (Å²) >= 11 is 6.27. The van der Waals surface area contributed by atoms with Crippen LogP contribution in [0.15, 0.2) is 16.7 Å². The van der Waals surface area contributed by atoms with Crippen LogP contribution in [0.25, 0.3) is 0 Å². The van der Waals surface area contributed by atoms with Gasteiger partial charge >= 0.3 is 0 Å². The van der Waals surface area contributed by atoms with Gasteiger partial charge in [-0.15, -0.1) is 0 Å². The van der Waals surface area contributed by atoms with E-state index in [4.69, 9.17) is 25.6 Å². The van der Waals surface area contributed by atoms with Crippen molar-refractivity contribution in [3.05, 3.63) is 39.7 Å². The van der Waals surface area contributed by atoms with Crippen molar-refractivity contribution in [1.29, 1.82) is 0 Å². The van der Waals surface area contributed by atoms with Gasteiger partial charge in [0.1, 0.15) is 17.2 Å². The molecular formula is C17H19ClN2O3. The number of rotatable bonds is 5. The molecule has 0 amide bonds. The fourth-order valence-corrected chi connectivity index (χ4v) is 3.26. The molecular weight excluding hydrogens is 316 g/mol. The Morgan fingerprint density at radius 2 is 2.26 bits per heavy atom. The molecule has 0 atom stereocenters. The number of benzene rings is 1. The minimum Gasteiger partial charge on any atom is -0.495 e. The molecule has 0 saturated heterocycles. The van der Waals surface area contributed by atoms with Crippen LogP contribution in [0.3, 0.4) is 0 Å². The Morgan fingerprint density at radius 1 is 1.39 bits per heavy atom. The maximum Gasteiger partial charge on any atom is 0.144 e. The third-order valence-electron chi connectivity index (χ3n) is 4.46. The van der Waals surface area contributed by atoms with Crippen molar-refractivity contribution in [3.63, 3.8) is 0 Å². The molecule has 1 aromatic carbocycles. The molecule has 1 N–H and O–H groups in total. The number of hydrogen-bond donors (Lipinski definition) is 1. The van der Waals surface area contributed by atoms with Crippen molar-refractivity contribution in [2.24, 2.45) is 0 Å². The van der Waals surface area contributed by atoms with E-state index in [1.165, 1.54) is 18.4 Å². The monoisotopic (exact) mass is 334 g/mol. The second-order valence-electron chi connectivity index (χ2n) is 6.04. The zero-order chi connectivity index (χ0) is 15.8. The van der Waals surface area contributed by atoms with Gasteiger partial charge in [-0.25, -0.2) is 0 Å². The van der Waals surface area contributed by atoms with E-state index in [1.54, 1.807) is 7.11 Å². The molecule has 2 heterocycles. The van der Waals surface area contributed by atoms with Gasteiger partial charge in [0.25, 0.3) is 0 Å². The summed E-state index contributed by atoms with van der Waals surface area (Å²) < 4.78 is 16.3. The van der Waals surface area contributed by atoms with Gasteiger partial charge in [-0.1, -0.05) is 16.8 Å². The summed E-state index contributed by atoms with van der Waals surface area (Å²) in [4.78, 5) is 0. The van der Waals surface area contributed by atoms with Crippen LogP contribution in [0.5, 0.6) is 5.75 Å². The molecule has 6 heteroatoms. The lowest BCUT2D eigenvalue weighted by atomic mass is 10.1. The summed E-state index contributed by atoms with van der Waals surface area (Å²) in [6.45, 7) is 1.89. The standard InChI is InChI=1S/C17H19ClN2O3/c1-21-17-7-14(11(6-13(17)18)10-2-3-10)19-8-15-12-9-22-5-4-16(12)23-20-15/h6-7,10,19H,2-5,8-9H2,1H3. The predicted octanol–water partition coefficient (Wildman–Crippen LogP) is 3.90. The van der Waals surface area contributed by atoms with Crippen molar-refractivity contribution in [2.75, 3.05) is 19.0 Å². The van der Waals surface area contributed by atoms with E-state index in [0.717, 1.165) is 29.1 Å². The van der Waals surface area contributed by atoms with Crippen LogP contribution in [-0.2, 0) is 24.3 Å². The largest absolute Gasteiger partial charge is 0.495 e. The van der Waals surface area contributed by atoms with E-state index in [9.17, 15) is 0 Å². The van der Waals surface area contributed by atoms with Gasteiger partial charge in [0, 0.05) is 23.7 Å². The Morgan fingerprint density at radius 3 is 3.04 bits per heavy atom. The maximum atomic E-state index is 6.27. The van der Waals surface area contributed by atoms with Crippen molar-refractivity contribution in [1.82, 2.24) is 5.16 Å². The minimum absolute atomic E-state index is 0.579. The third kappa shape index (κ3) is 2.91. The van der Waals surface area contributed by atoms with Crippen LogP contribution >= 0.6 is 11.6 Å². The fourth-order valence-electron chi connectivity index (χ4n) is 3.01. The molecule has 0 unspecified atom stereocenters. The number of fused-ring (bicyclic) bond motifs is 1. The van der Waals surface area contributed by atoms with Crippen molar-refractivity contribution < 1.29 is 14.0 Å². The van der Waals surface area contributed by atoms with Crippen LogP contribution in [0, 0.1) is 0 Å². The summed E-state index contributed by atoms with van der Waals surface area (Å²) in [6.07, 6.45) is 3.22. The van der Waals surface area contributed by atoms with E-state index in [2.05, 4.69) is 10.5 Å². The molecule has 2 aliphatic rings. The zero-order valence-corrected chi connectivity index (χ0v) is 13.8. The third-order valence-corrected chi connectivity index (χ3v) is 4.75. The van der Waals surface area contributed by atoms with Crippen molar-refractivity contribution in [3.8, 4) is 5.75 Å². The number of halogens is 1. The first-order valence-electron chi connectivity index (χ1n) is 7.91. The first-order chi connectivity index (χ1) is 11.3. The molecule has 1 aromatic heterocycles. The second kappa shape index (κ2) is 6.06. The molecule has 0 bridgehead atoms. The molecule has 5 nitrogen and oxygen atoms in total. The number of nitrogens with one attached hydrogen (secondary N) is 1. The Balaban J connectivity index is 1.57. The highest BCUT2D eigenvalue weighted by molar-refractivity contribution is 6.32. The summed E-state index contributed by atoms with van der Waals surface area (Å²) in [5.41, 5.74) is 4.31. The van der Waals surface area contributed by atoms with Crippen LogP contribution in [0.1, 0.15) is 41.3 Å². The van der Waals surface area contributed by atoms with Gasteiger partial charge in [-0.2, -0.15) is 0 Å². The van der Waals surface area contributed by atoms with E-state index in [-0.39, 0.29) is 0 Å². The van der Waals surface area contributed by atoms with Gasteiger partial charge in [0.2, 0.25) is 0 Å². The van der Waals surface area contributed by atoms with Crippen LogP contribution in [0.4, 0.5) is 5.69 Å². The quantitative estimate of drug-likeness (QED) is 0.898. The average Bonchev–Trinajstić information content (AvgIpc) is 3.34. The first-order valence-corrected chi connectivity index (χ1v) is 8.29. The van der Waals surface area contributed by atoms with E-state index in [1.807, 2.05) is 12.1 Å². The van der Waals surface area contributed by atoms with Gasteiger partial charge in [-0.05, 0) is 30.4 Å². The van der Waals surface area contributed by atoms with Crippen LogP contribution in [-0.4, -0.2) is 18.9 Å². The Bertz CT molecular complexity index is 725. The van der Waals surface area contributed by atoms with Crippen LogP contribution < -0.4 is 10.1 Å². The summed E-state index contributed by atoms with van der Waals surface area (Å²) in [7, 11) is 1.63. The topological polar surface area (TPSA) is 56.5 Å². The first kappa shape index (κ1) is 14.8. The normalized spacial score (nSPS) is 17.0. The van der Waals surface area contributed by atoms with Crippen molar-refractivity contribution >= 4 is 17.3 Å². The molecule has 4 rings (SSSR count). The number of hydrogen-bond acceptors (Lipinski definition) is 5. The van der Waals surface area contributed by atoms with E-state index in [0.29, 0.717) is 36.4 Å². The molecule has 1 aliphatic carbocycles. The molecule has 122 valence electrons. The number of aromatic nitrogens is 1. The van der Waals surface area contributed by atoms with Crippen molar-refractivity contribution in [2.45, 2.75) is 38.3 Å². The zero-order valence-electron chi connectivity index (χ0n) is 13.0. The summed E-state index contributed by atoms with van der Waals surface area (Å²) in [5.74, 6) is 2.23. The van der Waals surface area contributed by atoms with E-state index < -0.39 is 0 Å². The molecule has 1 fully saturated rings. The minimum atomic E-state index is 0.579. The summed E-state index contributed by atoms with van der Waals surface area (Å²) in [6, 6.07) is 3.99. The highest BCUT2D eigenvalue weighted by Crippen LogP contribution is 2.46. The molecule has 1 aliphatic heterocycles. The van der Waals surface area contributed by atoms with E-state index >= 15 is 0 Å². The number of nitrogens with zero attached hydrogens (tertiary/aromatic N) is 1. The fraction of sp³-hybridized carbons (Fsp3) is 0.471. The maximum absolute atomic E-state index is 6.27. The molecule has 2 aromatic rings. The number of anilines is 1. The van der Waals surface area contributed by atoms with Crippen LogP contribution in [0.2, 0.25) is 5.02 Å². The number of methoxy groups -OCH3 is 1. The average molecular weight is 335 g/mol. The van der Waals surface area contributed by atoms with Gasteiger partial charge in [0.15, 0.2) is 0 Å². The lowest BCUT2D eigenvalue weighted by Gasteiger charge is -2.15. The second-order valence-corrected chi connectivity index (χ2v) is 6.44. The number of ether oxygens (including phenoxy) is 2. The molecule has 23 heavy (non-hydrogen) atoms. The van der Waals surface area contributed by atoms with Gasteiger partial charge in [-0.3, -0.25) is 0 Å². The predicted molar refractivity (Wildman–Crippen MR) is 87.2 cm³/mol. The Hall–Kier alpha value is -1.72. The molecule has 0 spiro atoms.